The van der Waals surface area contributed by atoms with Gasteiger partial charge in [-0.05, 0) is 29.8 Å². The number of aliphatic hydroxyl groups excluding tert-OH is 2. The average molecular weight is 524 g/mol. The highest BCUT2D eigenvalue weighted by molar-refractivity contribution is 6.30. The summed E-state index contributed by atoms with van der Waals surface area (Å²) in [5, 5.41) is 32.3. The summed E-state index contributed by atoms with van der Waals surface area (Å²) in [7, 11) is 0. The largest absolute Gasteiger partial charge is 0.422 e. The van der Waals surface area contributed by atoms with Crippen LogP contribution in [0, 0.1) is 5.82 Å². The van der Waals surface area contributed by atoms with Gasteiger partial charge in [0.1, 0.15) is 18.0 Å². The molecule has 1 saturated heterocycles. The molecule has 1 fully saturated rings. The zero-order valence-electron chi connectivity index (χ0n) is 18.6. The minimum Gasteiger partial charge on any atom is -0.422 e. The van der Waals surface area contributed by atoms with Gasteiger partial charge in [-0.2, -0.15) is 9.97 Å². The first-order chi connectivity index (χ1) is 16.5. The van der Waals surface area contributed by atoms with E-state index in [-0.39, 0.29) is 38.9 Å². The van der Waals surface area contributed by atoms with E-state index in [4.69, 9.17) is 32.4 Å². The Bertz CT molecular complexity index is 1410. The van der Waals surface area contributed by atoms with Crippen molar-refractivity contribution in [3.05, 3.63) is 52.4 Å². The number of ether oxygens (including phenoxy) is 1. The number of nitrogens with zero attached hydrogens (tertiary/aromatic N) is 6. The Kier molecular flexibility index (Phi) is 5.88. The standard InChI is InChI=1S/C21H20Cl2FN7O4/c1-21(2,3)19-30-29-17(35-19)14-12(32)13(33)18(34-14)31-7-25-11-15(27-20(23)28-16(11)31)26-10-5-4-8(22)6-9(10)24/h4-7,12-14,18,32-33H,1-3H3,(H,26,27,28)/t12-,13+,14-,18+/m0/s1. The van der Waals surface area contributed by atoms with Crippen LogP contribution in [0.5, 0.6) is 0 Å². The topological polar surface area (TPSA) is 144 Å². The highest BCUT2D eigenvalue weighted by atomic mass is 35.5. The molecule has 3 N–H and O–H groups in total. The zero-order valence-corrected chi connectivity index (χ0v) is 20.2. The molecule has 1 aromatic carbocycles. The molecule has 0 bridgehead atoms. The molecule has 3 aromatic heterocycles. The molecule has 184 valence electrons. The fourth-order valence-corrected chi connectivity index (χ4v) is 3.95. The van der Waals surface area contributed by atoms with E-state index in [1.165, 1.54) is 23.0 Å². The van der Waals surface area contributed by atoms with Crippen molar-refractivity contribution in [1.82, 2.24) is 29.7 Å². The van der Waals surface area contributed by atoms with E-state index < -0.39 is 35.8 Å². The molecule has 0 spiro atoms. The normalized spacial score (nSPS) is 22.7. The third-order valence-corrected chi connectivity index (χ3v) is 5.82. The quantitative estimate of drug-likeness (QED) is 0.338. The van der Waals surface area contributed by atoms with Crippen molar-refractivity contribution in [2.45, 2.75) is 50.7 Å². The van der Waals surface area contributed by atoms with Gasteiger partial charge in [-0.25, -0.2) is 9.37 Å². The van der Waals surface area contributed by atoms with Crippen molar-refractivity contribution in [2.24, 2.45) is 0 Å². The van der Waals surface area contributed by atoms with Gasteiger partial charge in [0, 0.05) is 10.4 Å². The monoisotopic (exact) mass is 523 g/mol. The van der Waals surface area contributed by atoms with E-state index in [9.17, 15) is 14.6 Å². The number of hydrogen-bond donors (Lipinski definition) is 3. The van der Waals surface area contributed by atoms with Crippen LogP contribution in [0.4, 0.5) is 15.9 Å². The molecule has 11 nitrogen and oxygen atoms in total. The molecule has 0 aliphatic carbocycles. The minimum absolute atomic E-state index is 0.0293. The Morgan fingerprint density at radius 3 is 2.57 bits per heavy atom. The molecule has 35 heavy (non-hydrogen) atoms. The molecule has 4 aromatic rings. The molecule has 4 heterocycles. The Morgan fingerprint density at radius 2 is 1.89 bits per heavy atom. The SMILES string of the molecule is CC(C)(C)c1nnc([C@H]2O[C@@H](n3cnc4c(Nc5ccc(Cl)cc5F)nc(Cl)nc43)[C@H](O)[C@@H]2O)o1. The molecule has 14 heteroatoms. The van der Waals surface area contributed by atoms with E-state index >= 15 is 0 Å². The number of nitrogens with one attached hydrogen (secondary N) is 1. The van der Waals surface area contributed by atoms with E-state index in [0.29, 0.717) is 5.89 Å². The number of anilines is 2. The van der Waals surface area contributed by atoms with Crippen LogP contribution in [-0.4, -0.2) is 52.1 Å². The number of fused-ring (bicyclic) bond motifs is 1. The molecule has 0 unspecified atom stereocenters. The van der Waals surface area contributed by atoms with Crippen LogP contribution in [0.25, 0.3) is 11.2 Å². The first-order valence-electron chi connectivity index (χ1n) is 10.5. The van der Waals surface area contributed by atoms with Crippen molar-refractivity contribution in [3.8, 4) is 0 Å². The number of aliphatic hydroxyl groups is 2. The first kappa shape index (κ1) is 23.8. The third-order valence-electron chi connectivity index (χ3n) is 5.42. The Morgan fingerprint density at radius 1 is 1.11 bits per heavy atom. The Labute approximate surface area is 207 Å². The summed E-state index contributed by atoms with van der Waals surface area (Å²) in [6.07, 6.45) is -3.62. The molecular formula is C21H20Cl2FN7O4. The predicted molar refractivity (Wildman–Crippen MR) is 123 cm³/mol. The molecule has 0 amide bonds. The summed E-state index contributed by atoms with van der Waals surface area (Å²) in [5.41, 5.74) is 0.0947. The fraction of sp³-hybridized carbons (Fsp3) is 0.381. The van der Waals surface area contributed by atoms with E-state index in [2.05, 4.69) is 30.5 Å². The molecule has 0 radical (unpaired) electrons. The highest BCUT2D eigenvalue weighted by Crippen LogP contribution is 2.40. The van der Waals surface area contributed by atoms with Crippen molar-refractivity contribution < 1.29 is 23.8 Å². The first-order valence-corrected chi connectivity index (χ1v) is 11.3. The lowest BCUT2D eigenvalue weighted by Gasteiger charge is -2.16. The van der Waals surface area contributed by atoms with Crippen LogP contribution in [0.1, 0.15) is 44.9 Å². The summed E-state index contributed by atoms with van der Waals surface area (Å²) in [6.45, 7) is 5.70. The second kappa shape index (κ2) is 8.64. The van der Waals surface area contributed by atoms with Crippen LogP contribution in [0.3, 0.4) is 0 Å². The number of hydrogen-bond acceptors (Lipinski definition) is 10. The fourth-order valence-electron chi connectivity index (χ4n) is 3.63. The third kappa shape index (κ3) is 4.32. The van der Waals surface area contributed by atoms with Gasteiger partial charge in [0.15, 0.2) is 29.3 Å². The molecule has 4 atom stereocenters. The van der Waals surface area contributed by atoms with Gasteiger partial charge in [0.2, 0.25) is 17.1 Å². The van der Waals surface area contributed by atoms with Gasteiger partial charge in [-0.3, -0.25) is 4.57 Å². The number of halogens is 3. The lowest BCUT2D eigenvalue weighted by atomic mass is 9.97. The van der Waals surface area contributed by atoms with Crippen molar-refractivity contribution in [2.75, 3.05) is 5.32 Å². The number of benzene rings is 1. The lowest BCUT2D eigenvalue weighted by Crippen LogP contribution is -2.29. The highest BCUT2D eigenvalue weighted by Gasteiger charge is 2.48. The van der Waals surface area contributed by atoms with Gasteiger partial charge in [-0.1, -0.05) is 32.4 Å². The Balaban J connectivity index is 1.49. The second-order valence-corrected chi connectivity index (χ2v) is 9.81. The van der Waals surface area contributed by atoms with Crippen LogP contribution in [-0.2, 0) is 10.2 Å². The maximum atomic E-state index is 14.3. The van der Waals surface area contributed by atoms with Crippen molar-refractivity contribution in [3.63, 3.8) is 0 Å². The van der Waals surface area contributed by atoms with Crippen molar-refractivity contribution >= 4 is 45.9 Å². The number of imidazole rings is 1. The van der Waals surface area contributed by atoms with Gasteiger partial charge >= 0.3 is 0 Å². The molecular weight excluding hydrogens is 504 g/mol. The average Bonchev–Trinajstić information content (AvgIpc) is 3.49. The van der Waals surface area contributed by atoms with Gasteiger partial charge in [0.25, 0.3) is 0 Å². The number of aromatic nitrogens is 6. The predicted octanol–water partition coefficient (Wildman–Crippen LogP) is 3.69. The van der Waals surface area contributed by atoms with Crippen LogP contribution in [0.15, 0.2) is 28.9 Å². The van der Waals surface area contributed by atoms with E-state index in [1.807, 2.05) is 20.8 Å². The maximum absolute atomic E-state index is 14.3. The second-order valence-electron chi connectivity index (χ2n) is 9.04. The smallest absolute Gasteiger partial charge is 0.248 e. The van der Waals surface area contributed by atoms with Crippen molar-refractivity contribution in [1.29, 1.82) is 0 Å². The summed E-state index contributed by atoms with van der Waals surface area (Å²) in [6, 6.07) is 4.10. The minimum atomic E-state index is -1.39. The van der Waals surface area contributed by atoms with Crippen LogP contribution < -0.4 is 5.32 Å². The van der Waals surface area contributed by atoms with Gasteiger partial charge in [-0.15, -0.1) is 10.2 Å². The lowest BCUT2D eigenvalue weighted by molar-refractivity contribution is -0.0441. The summed E-state index contributed by atoms with van der Waals surface area (Å²) in [5.74, 6) is -0.0913. The van der Waals surface area contributed by atoms with Crippen LogP contribution in [0.2, 0.25) is 10.3 Å². The van der Waals surface area contributed by atoms with Crippen LogP contribution >= 0.6 is 23.2 Å². The number of rotatable bonds is 4. The zero-order chi connectivity index (χ0) is 25.1. The molecule has 5 rings (SSSR count). The van der Waals surface area contributed by atoms with Gasteiger partial charge < -0.3 is 24.7 Å². The summed E-state index contributed by atoms with van der Waals surface area (Å²) >= 11 is 11.9. The Hall–Kier alpha value is -2.90. The molecule has 1 aliphatic heterocycles. The van der Waals surface area contributed by atoms with E-state index in [0.717, 1.165) is 6.07 Å². The van der Waals surface area contributed by atoms with Gasteiger partial charge in [0.05, 0.1) is 12.0 Å². The molecule has 0 saturated carbocycles. The molecule has 1 aliphatic rings. The van der Waals surface area contributed by atoms with E-state index in [1.54, 1.807) is 0 Å². The summed E-state index contributed by atoms with van der Waals surface area (Å²) in [4.78, 5) is 12.6. The summed E-state index contributed by atoms with van der Waals surface area (Å²) < 4.78 is 27.3. The maximum Gasteiger partial charge on any atom is 0.248 e.